The third kappa shape index (κ3) is 12.7. The molecule has 0 rings (SSSR count). The molecule has 0 aliphatic carbocycles. The molecule has 0 aromatic rings. The Bertz CT molecular complexity index is 403. The van der Waals surface area contributed by atoms with Crippen molar-refractivity contribution in [2.75, 3.05) is 0 Å². The maximum absolute atomic E-state index is 12.0. The van der Waals surface area contributed by atoms with E-state index in [-0.39, 0.29) is 28.7 Å². The number of allylic oxidation sites excluding steroid dienone is 2. The lowest BCUT2D eigenvalue weighted by atomic mass is 9.87. The summed E-state index contributed by atoms with van der Waals surface area (Å²) in [6.45, 7) is 13.3. The number of hydrogen-bond acceptors (Lipinski definition) is 3. The van der Waals surface area contributed by atoms with Crippen molar-refractivity contribution in [2.24, 2.45) is 11.3 Å². The minimum Gasteiger partial charge on any atom is -0.300 e. The average Bonchev–Trinajstić information content (AvgIpc) is 2.50. The van der Waals surface area contributed by atoms with Crippen LogP contribution < -0.4 is 0 Å². The zero-order chi connectivity index (χ0) is 17.9. The van der Waals surface area contributed by atoms with Gasteiger partial charge in [-0.2, -0.15) is 0 Å². The first kappa shape index (κ1) is 21.5. The van der Waals surface area contributed by atoms with Crippen molar-refractivity contribution in [3.8, 4) is 0 Å². The van der Waals surface area contributed by atoms with Gasteiger partial charge >= 0.3 is 0 Å². The Hall–Kier alpha value is -1.51. The molecule has 0 aliphatic rings. The molecule has 0 aromatic heterocycles. The second-order valence-electron chi connectivity index (χ2n) is 7.42. The molecule has 0 radical (unpaired) electrons. The van der Waals surface area contributed by atoms with Crippen molar-refractivity contribution >= 4 is 17.3 Å². The Kier molecular flexibility index (Phi) is 10.4. The summed E-state index contributed by atoms with van der Waals surface area (Å²) in [5.74, 6) is 0.532. The van der Waals surface area contributed by atoms with Crippen molar-refractivity contribution < 1.29 is 14.4 Å². The van der Waals surface area contributed by atoms with Gasteiger partial charge in [0.2, 0.25) is 0 Å². The van der Waals surface area contributed by atoms with E-state index in [0.717, 1.165) is 12.8 Å². The fraction of sp³-hybridized carbons (Fsp3) is 0.650. The van der Waals surface area contributed by atoms with Crippen LogP contribution in [-0.2, 0) is 14.4 Å². The summed E-state index contributed by atoms with van der Waals surface area (Å²) in [5, 5.41) is 0. The van der Waals surface area contributed by atoms with Gasteiger partial charge in [0.1, 0.15) is 5.78 Å². The standard InChI is InChI=1S/C20H32O3/c1-6-17(21)11-8-16(9-12-18(22)7-2)10-13-19(23)14-15-20(3,4)5/h6-7,16H,1-2,8-15H2,3-5H3. The fourth-order valence-corrected chi connectivity index (χ4v) is 2.33. The Morgan fingerprint density at radius 2 is 1.26 bits per heavy atom. The Balaban J connectivity index is 4.34. The van der Waals surface area contributed by atoms with Crippen molar-refractivity contribution in [3.05, 3.63) is 25.3 Å². The van der Waals surface area contributed by atoms with Crippen LogP contribution in [0.3, 0.4) is 0 Å². The molecular formula is C20H32O3. The molecule has 23 heavy (non-hydrogen) atoms. The van der Waals surface area contributed by atoms with Crippen molar-refractivity contribution in [1.82, 2.24) is 0 Å². The average molecular weight is 320 g/mol. The maximum atomic E-state index is 12.0. The molecule has 0 aliphatic heterocycles. The molecular weight excluding hydrogens is 288 g/mol. The molecule has 0 fully saturated rings. The van der Waals surface area contributed by atoms with Crippen molar-refractivity contribution in [1.29, 1.82) is 0 Å². The van der Waals surface area contributed by atoms with E-state index in [4.69, 9.17) is 0 Å². The van der Waals surface area contributed by atoms with Gasteiger partial charge in [0.05, 0.1) is 0 Å². The van der Waals surface area contributed by atoms with E-state index < -0.39 is 0 Å². The minimum atomic E-state index is 0.0177. The summed E-state index contributed by atoms with van der Waals surface area (Å²) >= 11 is 0. The topological polar surface area (TPSA) is 51.2 Å². The van der Waals surface area contributed by atoms with Crippen LogP contribution in [-0.4, -0.2) is 17.3 Å². The predicted octanol–water partition coefficient (Wildman–Crippen LogP) is 4.85. The highest BCUT2D eigenvalue weighted by molar-refractivity contribution is 5.89. The minimum absolute atomic E-state index is 0.0177. The molecule has 0 amide bonds. The second-order valence-corrected chi connectivity index (χ2v) is 7.42. The van der Waals surface area contributed by atoms with Crippen molar-refractivity contribution in [3.63, 3.8) is 0 Å². The SMILES string of the molecule is C=CC(=O)CCC(CCC(=O)C=C)CCC(=O)CCC(C)(C)C. The Labute approximate surface area is 141 Å². The van der Waals surface area contributed by atoms with Crippen LogP contribution in [0.25, 0.3) is 0 Å². The first-order valence-electron chi connectivity index (χ1n) is 8.50. The quantitative estimate of drug-likeness (QED) is 0.456. The van der Waals surface area contributed by atoms with E-state index in [0.29, 0.717) is 38.5 Å². The highest BCUT2D eigenvalue weighted by Gasteiger charge is 2.16. The number of carbonyl (C=O) groups is 3. The molecule has 0 atom stereocenters. The summed E-state index contributed by atoms with van der Waals surface area (Å²) in [7, 11) is 0. The van der Waals surface area contributed by atoms with Gasteiger partial charge in [0.15, 0.2) is 11.6 Å². The first-order valence-corrected chi connectivity index (χ1v) is 8.50. The fourth-order valence-electron chi connectivity index (χ4n) is 2.33. The molecule has 0 saturated heterocycles. The molecule has 0 N–H and O–H groups in total. The van der Waals surface area contributed by atoms with Gasteiger partial charge in [0.25, 0.3) is 0 Å². The number of carbonyl (C=O) groups excluding carboxylic acids is 3. The summed E-state index contributed by atoms with van der Waals surface area (Å²) in [5.41, 5.74) is 0.168. The highest BCUT2D eigenvalue weighted by atomic mass is 16.1. The lowest BCUT2D eigenvalue weighted by Crippen LogP contribution is -2.12. The number of Topliss-reactive ketones (excluding diaryl/α,β-unsaturated/α-hetero) is 1. The summed E-state index contributed by atoms with van der Waals surface area (Å²) in [6.07, 6.45) is 7.74. The molecule has 0 bridgehead atoms. The van der Waals surface area contributed by atoms with Gasteiger partial charge in [-0.25, -0.2) is 0 Å². The molecule has 3 heteroatoms. The van der Waals surface area contributed by atoms with Crippen LogP contribution in [0.4, 0.5) is 0 Å². The van der Waals surface area contributed by atoms with Crippen LogP contribution in [0.2, 0.25) is 0 Å². The van der Waals surface area contributed by atoms with Crippen LogP contribution in [0, 0.1) is 11.3 Å². The molecule has 0 spiro atoms. The van der Waals surface area contributed by atoms with Gasteiger partial charge in [-0.05, 0) is 49.2 Å². The monoisotopic (exact) mass is 320 g/mol. The van der Waals surface area contributed by atoms with E-state index in [1.54, 1.807) is 0 Å². The van der Waals surface area contributed by atoms with Gasteiger partial charge in [-0.1, -0.05) is 33.9 Å². The summed E-state index contributed by atoms with van der Waals surface area (Å²) < 4.78 is 0. The number of ketones is 3. The zero-order valence-electron chi connectivity index (χ0n) is 15.0. The van der Waals surface area contributed by atoms with E-state index >= 15 is 0 Å². The summed E-state index contributed by atoms with van der Waals surface area (Å²) in [4.78, 5) is 34.8. The van der Waals surface area contributed by atoms with Gasteiger partial charge in [-0.3, -0.25) is 14.4 Å². The molecule has 3 nitrogen and oxygen atoms in total. The third-order valence-electron chi connectivity index (χ3n) is 4.04. The second kappa shape index (κ2) is 11.1. The summed E-state index contributed by atoms with van der Waals surface area (Å²) in [6, 6.07) is 0. The molecule has 0 heterocycles. The Morgan fingerprint density at radius 3 is 1.65 bits per heavy atom. The van der Waals surface area contributed by atoms with Gasteiger partial charge < -0.3 is 0 Å². The third-order valence-corrected chi connectivity index (χ3v) is 4.04. The lowest BCUT2D eigenvalue weighted by molar-refractivity contribution is -0.119. The highest BCUT2D eigenvalue weighted by Crippen LogP contribution is 2.24. The predicted molar refractivity (Wildman–Crippen MR) is 95.3 cm³/mol. The van der Waals surface area contributed by atoms with Crippen LogP contribution in [0.5, 0.6) is 0 Å². The van der Waals surface area contributed by atoms with Crippen molar-refractivity contribution in [2.45, 2.75) is 72.1 Å². The van der Waals surface area contributed by atoms with E-state index in [2.05, 4.69) is 33.9 Å². The largest absolute Gasteiger partial charge is 0.300 e. The first-order chi connectivity index (χ1) is 10.7. The van der Waals surface area contributed by atoms with Crippen LogP contribution in [0.15, 0.2) is 25.3 Å². The maximum Gasteiger partial charge on any atom is 0.155 e. The Morgan fingerprint density at radius 1 is 0.826 bits per heavy atom. The smallest absolute Gasteiger partial charge is 0.155 e. The van der Waals surface area contributed by atoms with Crippen LogP contribution >= 0.6 is 0 Å². The lowest BCUT2D eigenvalue weighted by Gasteiger charge is -2.18. The number of rotatable bonds is 13. The molecule has 0 saturated carbocycles. The molecule has 130 valence electrons. The molecule has 0 unspecified atom stereocenters. The van der Waals surface area contributed by atoms with E-state index in [1.807, 2.05) is 0 Å². The van der Waals surface area contributed by atoms with Gasteiger partial charge in [-0.15, -0.1) is 0 Å². The zero-order valence-corrected chi connectivity index (χ0v) is 15.0. The normalized spacial score (nSPS) is 11.3. The van der Waals surface area contributed by atoms with Crippen LogP contribution in [0.1, 0.15) is 72.1 Å². The molecule has 0 aromatic carbocycles. The van der Waals surface area contributed by atoms with E-state index in [1.165, 1.54) is 12.2 Å². The van der Waals surface area contributed by atoms with E-state index in [9.17, 15) is 14.4 Å². The van der Waals surface area contributed by atoms with Gasteiger partial charge in [0, 0.05) is 25.7 Å². The number of hydrogen-bond donors (Lipinski definition) is 0.